The first-order valence-corrected chi connectivity index (χ1v) is 4.23. The van der Waals surface area contributed by atoms with Gasteiger partial charge in [-0.25, -0.2) is 4.39 Å². The molecule has 0 fully saturated rings. The maximum absolute atomic E-state index is 12.7. The summed E-state index contributed by atoms with van der Waals surface area (Å²) in [6.07, 6.45) is 0.308. The molecule has 70 valence electrons. The molecule has 0 heterocycles. The van der Waals surface area contributed by atoms with Crippen molar-refractivity contribution in [3.63, 3.8) is 0 Å². The summed E-state index contributed by atoms with van der Waals surface area (Å²) in [5, 5.41) is 8.42. The van der Waals surface area contributed by atoms with E-state index in [-0.39, 0.29) is 12.2 Å². The lowest BCUT2D eigenvalue weighted by Gasteiger charge is -2.02. The number of carbonyl (C=O) groups is 1. The molecule has 1 aromatic rings. The van der Waals surface area contributed by atoms with Crippen LogP contribution in [-0.2, 0) is 11.2 Å². The summed E-state index contributed by atoms with van der Waals surface area (Å²) >= 11 is 4.09. The highest BCUT2D eigenvalue weighted by Crippen LogP contribution is 2.16. The molecule has 2 nitrogen and oxygen atoms in total. The molecule has 0 amide bonds. The van der Waals surface area contributed by atoms with Crippen LogP contribution >= 0.6 is 12.6 Å². The molecule has 0 aliphatic rings. The Morgan fingerprint density at radius 2 is 2.23 bits per heavy atom. The lowest BCUT2D eigenvalue weighted by Crippen LogP contribution is -1.98. The number of aliphatic carboxylic acids is 1. The van der Waals surface area contributed by atoms with Crippen molar-refractivity contribution in [1.82, 2.24) is 0 Å². The zero-order valence-corrected chi connectivity index (χ0v) is 7.72. The van der Waals surface area contributed by atoms with E-state index in [1.54, 1.807) is 0 Å². The molecule has 0 saturated heterocycles. The van der Waals surface area contributed by atoms with E-state index in [9.17, 15) is 9.18 Å². The van der Waals surface area contributed by atoms with Crippen molar-refractivity contribution in [1.29, 1.82) is 0 Å². The summed E-state index contributed by atoms with van der Waals surface area (Å²) in [4.78, 5) is 10.9. The van der Waals surface area contributed by atoms with E-state index >= 15 is 0 Å². The van der Waals surface area contributed by atoms with Crippen molar-refractivity contribution in [2.24, 2.45) is 0 Å². The lowest BCUT2D eigenvalue weighted by molar-refractivity contribution is -0.136. The van der Waals surface area contributed by atoms with Gasteiger partial charge in [-0.2, -0.15) is 0 Å². The Labute approximate surface area is 80.8 Å². The summed E-state index contributed by atoms with van der Waals surface area (Å²) in [5.74, 6) is -1.25. The van der Waals surface area contributed by atoms with Gasteiger partial charge in [0.25, 0.3) is 0 Å². The van der Waals surface area contributed by atoms with Crippen LogP contribution < -0.4 is 0 Å². The summed E-state index contributed by atoms with van der Waals surface area (Å²) in [6, 6.07) is 4.13. The second kappa shape index (κ2) is 4.28. The predicted octanol–water partition coefficient (Wildman–Crippen LogP) is 2.13. The minimum atomic E-state index is -0.892. The normalized spacial score (nSPS) is 10.0. The Bertz CT molecular complexity index is 325. The Hall–Kier alpha value is -1.03. The van der Waals surface area contributed by atoms with Gasteiger partial charge in [0.05, 0.1) is 0 Å². The first kappa shape index (κ1) is 10.1. The van der Waals surface area contributed by atoms with E-state index in [2.05, 4.69) is 12.6 Å². The number of halogens is 1. The fraction of sp³-hybridized carbons (Fsp3) is 0.222. The molecule has 0 aliphatic carbocycles. The molecule has 4 heteroatoms. The van der Waals surface area contributed by atoms with Crippen LogP contribution in [0.5, 0.6) is 0 Å². The van der Waals surface area contributed by atoms with Gasteiger partial charge in [-0.05, 0) is 30.2 Å². The molecular formula is C9H9FO2S. The van der Waals surface area contributed by atoms with Crippen molar-refractivity contribution in [2.75, 3.05) is 0 Å². The number of carboxylic acids is 1. The number of benzene rings is 1. The van der Waals surface area contributed by atoms with Crippen molar-refractivity contribution in [2.45, 2.75) is 17.7 Å². The molecular weight excluding hydrogens is 191 g/mol. The third kappa shape index (κ3) is 3.06. The maximum atomic E-state index is 12.7. The summed E-state index contributed by atoms with van der Waals surface area (Å²) < 4.78 is 12.7. The van der Waals surface area contributed by atoms with E-state index < -0.39 is 5.97 Å². The lowest BCUT2D eigenvalue weighted by atomic mass is 10.1. The van der Waals surface area contributed by atoms with Crippen molar-refractivity contribution < 1.29 is 14.3 Å². The molecule has 0 aromatic heterocycles. The number of hydrogen-bond donors (Lipinski definition) is 2. The summed E-state index contributed by atoms with van der Waals surface area (Å²) in [7, 11) is 0. The molecule has 0 radical (unpaired) electrons. The predicted molar refractivity (Wildman–Crippen MR) is 49.6 cm³/mol. The second-order valence-corrected chi connectivity index (χ2v) is 3.15. The number of rotatable bonds is 3. The van der Waals surface area contributed by atoms with Crippen LogP contribution in [0.3, 0.4) is 0 Å². The van der Waals surface area contributed by atoms with Gasteiger partial charge in [-0.3, -0.25) is 4.79 Å². The molecule has 1 N–H and O–H groups in total. The summed E-state index contributed by atoms with van der Waals surface area (Å²) in [6.45, 7) is 0. The van der Waals surface area contributed by atoms with Crippen LogP contribution in [0.2, 0.25) is 0 Å². The SMILES string of the molecule is O=C(O)CCc1cc(F)ccc1S. The van der Waals surface area contributed by atoms with Gasteiger partial charge in [0.1, 0.15) is 5.82 Å². The van der Waals surface area contributed by atoms with Gasteiger partial charge >= 0.3 is 5.97 Å². The number of aryl methyl sites for hydroxylation is 1. The smallest absolute Gasteiger partial charge is 0.303 e. The van der Waals surface area contributed by atoms with Crippen LogP contribution in [0.4, 0.5) is 4.39 Å². The molecule has 13 heavy (non-hydrogen) atoms. The van der Waals surface area contributed by atoms with Gasteiger partial charge < -0.3 is 5.11 Å². The maximum Gasteiger partial charge on any atom is 0.303 e. The van der Waals surface area contributed by atoms with Crippen molar-refractivity contribution in [3.05, 3.63) is 29.6 Å². The van der Waals surface area contributed by atoms with E-state index in [4.69, 9.17) is 5.11 Å². The van der Waals surface area contributed by atoms with Crippen molar-refractivity contribution in [3.8, 4) is 0 Å². The Morgan fingerprint density at radius 1 is 1.54 bits per heavy atom. The minimum absolute atomic E-state index is 0.00296. The van der Waals surface area contributed by atoms with E-state index in [1.807, 2.05) is 0 Å². The fourth-order valence-corrected chi connectivity index (χ4v) is 1.25. The molecule has 0 unspecified atom stereocenters. The third-order valence-electron chi connectivity index (χ3n) is 1.65. The first-order chi connectivity index (χ1) is 6.09. The van der Waals surface area contributed by atoms with Crippen molar-refractivity contribution >= 4 is 18.6 Å². The molecule has 0 saturated carbocycles. The monoisotopic (exact) mass is 200 g/mol. The fourth-order valence-electron chi connectivity index (χ4n) is 0.996. The third-order valence-corrected chi connectivity index (χ3v) is 2.09. The van der Waals surface area contributed by atoms with Crippen LogP contribution in [0.1, 0.15) is 12.0 Å². The standard InChI is InChI=1S/C9H9FO2S/c10-7-2-3-8(13)6(5-7)1-4-9(11)12/h2-3,5,13H,1,4H2,(H,11,12). The average molecular weight is 200 g/mol. The van der Waals surface area contributed by atoms with E-state index in [0.29, 0.717) is 16.9 Å². The van der Waals surface area contributed by atoms with Gasteiger partial charge in [-0.15, -0.1) is 12.6 Å². The first-order valence-electron chi connectivity index (χ1n) is 3.79. The van der Waals surface area contributed by atoms with Gasteiger partial charge in [0.2, 0.25) is 0 Å². The van der Waals surface area contributed by atoms with Crippen LogP contribution in [0.15, 0.2) is 23.1 Å². The van der Waals surface area contributed by atoms with Crippen LogP contribution in [-0.4, -0.2) is 11.1 Å². The number of hydrogen-bond acceptors (Lipinski definition) is 2. The highest BCUT2D eigenvalue weighted by Gasteiger charge is 2.03. The van der Waals surface area contributed by atoms with Gasteiger partial charge in [0.15, 0.2) is 0 Å². The van der Waals surface area contributed by atoms with Gasteiger partial charge in [0, 0.05) is 11.3 Å². The van der Waals surface area contributed by atoms with E-state index in [1.165, 1.54) is 18.2 Å². The second-order valence-electron chi connectivity index (χ2n) is 2.67. The molecule has 0 aliphatic heterocycles. The molecule has 1 rings (SSSR count). The highest BCUT2D eigenvalue weighted by atomic mass is 32.1. The summed E-state index contributed by atoms with van der Waals surface area (Å²) in [5.41, 5.74) is 0.630. The zero-order valence-electron chi connectivity index (χ0n) is 6.83. The van der Waals surface area contributed by atoms with Crippen LogP contribution in [0.25, 0.3) is 0 Å². The number of carboxylic acid groups (broad SMARTS) is 1. The number of thiol groups is 1. The largest absolute Gasteiger partial charge is 0.481 e. The Balaban J connectivity index is 2.75. The molecule has 0 spiro atoms. The zero-order chi connectivity index (χ0) is 9.84. The highest BCUT2D eigenvalue weighted by molar-refractivity contribution is 7.80. The average Bonchev–Trinajstić information content (AvgIpc) is 2.06. The topological polar surface area (TPSA) is 37.3 Å². The molecule has 0 atom stereocenters. The quantitative estimate of drug-likeness (QED) is 0.733. The Morgan fingerprint density at radius 3 is 2.85 bits per heavy atom. The molecule has 1 aromatic carbocycles. The van der Waals surface area contributed by atoms with E-state index in [0.717, 1.165) is 0 Å². The minimum Gasteiger partial charge on any atom is -0.481 e. The van der Waals surface area contributed by atoms with Gasteiger partial charge in [-0.1, -0.05) is 0 Å². The Kier molecular flexibility index (Phi) is 3.31. The molecule has 0 bridgehead atoms. The van der Waals surface area contributed by atoms with Crippen LogP contribution in [0, 0.1) is 5.82 Å².